The van der Waals surface area contributed by atoms with Crippen molar-refractivity contribution in [3.63, 3.8) is 0 Å². The number of rotatable bonds is 20. The number of hydrogen-bond acceptors (Lipinski definition) is 12. The molecule has 66 heavy (non-hydrogen) atoms. The van der Waals surface area contributed by atoms with Gasteiger partial charge in [0.2, 0.25) is 0 Å². The summed E-state index contributed by atoms with van der Waals surface area (Å²) in [4.78, 5) is 31.3. The summed E-state index contributed by atoms with van der Waals surface area (Å²) in [5.74, 6) is 1.40. The number of hydrogen-bond donors (Lipinski definition) is 3. The Labute approximate surface area is 397 Å². The molecule has 0 aromatic heterocycles. The largest absolute Gasteiger partial charge is 0.493 e. The minimum absolute atomic E-state index is 0.0120. The molecule has 370 valence electrons. The molecule has 2 aliphatic rings. The first kappa shape index (κ1) is 54.5. The maximum Gasteiger partial charge on any atom is 0.412 e. The van der Waals surface area contributed by atoms with Crippen molar-refractivity contribution in [3.8, 4) is 23.0 Å². The van der Waals surface area contributed by atoms with Crippen molar-refractivity contribution in [2.75, 3.05) is 64.8 Å². The molecule has 2 aliphatic heterocycles. The zero-order chi connectivity index (χ0) is 49.6. The summed E-state index contributed by atoms with van der Waals surface area (Å²) in [6, 6.07) is 6.45. The van der Waals surface area contributed by atoms with Gasteiger partial charge < -0.3 is 48.3 Å². The van der Waals surface area contributed by atoms with E-state index in [2.05, 4.69) is 86.2 Å². The van der Waals surface area contributed by atoms with Crippen LogP contribution in [-0.4, -0.2) is 115 Å². The van der Waals surface area contributed by atoms with Crippen LogP contribution in [0.25, 0.3) is 0 Å². The van der Waals surface area contributed by atoms with Gasteiger partial charge in [-0.15, -0.1) is 0 Å². The van der Waals surface area contributed by atoms with E-state index in [0.717, 1.165) is 24.0 Å². The summed E-state index contributed by atoms with van der Waals surface area (Å²) in [6.07, 6.45) is 1.85. The molecule has 2 aromatic carbocycles. The summed E-state index contributed by atoms with van der Waals surface area (Å²) in [5.41, 5.74) is 9.20. The standard InChI is InChI=1S/C50H82N4O10Si2/c1-33-23-35(31-62-65(14,15)49(6,7)8)53(29-33)45(55)37-25-41(58-12)43(27-39(37)51)60-21-19-18-20-22-61-44-28-40(52-47(57)64-48(3,4)5)38(26-42(44)59-13)46(56)54-30-34(2)24-36(54)32-63-66(16,17)50(9,10)11/h25-28,35-36,45,55H,1-2,18-24,29-32,51H2,3-17H3,(H,52,57)/t35-,36-,45?/m0/s1. The van der Waals surface area contributed by atoms with Crippen molar-refractivity contribution in [2.45, 2.75) is 155 Å². The van der Waals surface area contributed by atoms with Crippen LogP contribution in [0.4, 0.5) is 16.2 Å². The maximum atomic E-state index is 14.4. The highest BCUT2D eigenvalue weighted by Gasteiger charge is 2.42. The maximum absolute atomic E-state index is 14.4. The summed E-state index contributed by atoms with van der Waals surface area (Å²) in [6.45, 7) is 38.4. The third kappa shape index (κ3) is 14.2. The fourth-order valence-corrected chi connectivity index (χ4v) is 9.43. The minimum atomic E-state index is -2.09. The molecule has 0 saturated carbocycles. The molecule has 4 rings (SSSR count). The predicted octanol–water partition coefficient (Wildman–Crippen LogP) is 10.7. The minimum Gasteiger partial charge on any atom is -0.493 e. The quantitative estimate of drug-likeness (QED) is 0.0499. The number of carbonyl (C=O) groups is 2. The Hall–Kier alpha value is -4.07. The molecule has 2 fully saturated rings. The van der Waals surface area contributed by atoms with E-state index in [1.54, 1.807) is 57.0 Å². The Morgan fingerprint density at radius 2 is 1.26 bits per heavy atom. The molecule has 3 atom stereocenters. The van der Waals surface area contributed by atoms with E-state index in [9.17, 15) is 14.7 Å². The molecule has 0 aliphatic carbocycles. The molecule has 1 unspecified atom stereocenters. The summed E-state index contributed by atoms with van der Waals surface area (Å²) in [5, 5.41) is 14.5. The number of benzene rings is 2. The number of aliphatic hydroxyl groups is 1. The molecule has 0 radical (unpaired) electrons. The van der Waals surface area contributed by atoms with E-state index in [0.29, 0.717) is 93.0 Å². The van der Waals surface area contributed by atoms with Gasteiger partial charge in [0.05, 0.1) is 51.3 Å². The lowest BCUT2D eigenvalue weighted by Crippen LogP contribution is -2.46. The Balaban J connectivity index is 1.40. The first-order valence-corrected chi connectivity index (χ1v) is 29.1. The number of likely N-dealkylation sites (tertiary alicyclic amines) is 2. The molecular formula is C50H82N4O10Si2. The smallest absolute Gasteiger partial charge is 0.412 e. The lowest BCUT2D eigenvalue weighted by Gasteiger charge is -2.38. The van der Waals surface area contributed by atoms with Crippen LogP contribution in [0.1, 0.15) is 117 Å². The summed E-state index contributed by atoms with van der Waals surface area (Å²) in [7, 11) is -1.00. The number of ether oxygens (including phenoxy) is 5. The normalized spacial score (nSPS) is 18.1. The number of carbonyl (C=O) groups excluding carboxylic acids is 2. The van der Waals surface area contributed by atoms with Crippen LogP contribution in [0, 0.1) is 0 Å². The average molecular weight is 955 g/mol. The van der Waals surface area contributed by atoms with Gasteiger partial charge in [0, 0.05) is 49.1 Å². The molecular weight excluding hydrogens is 873 g/mol. The van der Waals surface area contributed by atoms with E-state index in [-0.39, 0.29) is 39.3 Å². The number of anilines is 2. The van der Waals surface area contributed by atoms with Crippen molar-refractivity contribution in [3.05, 3.63) is 59.7 Å². The van der Waals surface area contributed by atoms with E-state index in [1.165, 1.54) is 7.11 Å². The summed E-state index contributed by atoms with van der Waals surface area (Å²) >= 11 is 0. The molecule has 0 bridgehead atoms. The lowest BCUT2D eigenvalue weighted by atomic mass is 10.1. The van der Waals surface area contributed by atoms with E-state index in [1.807, 2.05) is 4.90 Å². The number of methoxy groups -OCH3 is 2. The molecule has 14 nitrogen and oxygen atoms in total. The third-order valence-electron chi connectivity index (χ3n) is 13.3. The van der Waals surface area contributed by atoms with Crippen LogP contribution >= 0.6 is 0 Å². The fourth-order valence-electron chi connectivity index (χ4n) is 7.34. The van der Waals surface area contributed by atoms with Gasteiger partial charge in [-0.2, -0.15) is 0 Å². The average Bonchev–Trinajstić information content (AvgIpc) is 3.77. The highest BCUT2D eigenvalue weighted by molar-refractivity contribution is 6.74. The van der Waals surface area contributed by atoms with Crippen molar-refractivity contribution in [1.29, 1.82) is 0 Å². The van der Waals surface area contributed by atoms with Crippen LogP contribution in [0.15, 0.2) is 48.6 Å². The number of nitrogens with two attached hydrogens (primary N) is 1. The second-order valence-corrected chi connectivity index (χ2v) is 31.5. The zero-order valence-electron chi connectivity index (χ0n) is 42.8. The third-order valence-corrected chi connectivity index (χ3v) is 22.3. The van der Waals surface area contributed by atoms with Crippen LogP contribution in [0.5, 0.6) is 23.0 Å². The number of unbranched alkanes of at least 4 members (excludes halogenated alkanes) is 2. The number of nitrogens with one attached hydrogen (secondary N) is 1. The van der Waals surface area contributed by atoms with E-state index in [4.69, 9.17) is 38.3 Å². The Morgan fingerprint density at radius 1 is 0.758 bits per heavy atom. The lowest BCUT2D eigenvalue weighted by molar-refractivity contribution is -0.0176. The van der Waals surface area contributed by atoms with Gasteiger partial charge in [-0.05, 0) is 101 Å². The van der Waals surface area contributed by atoms with E-state index < -0.39 is 34.6 Å². The van der Waals surface area contributed by atoms with Gasteiger partial charge in [0.1, 0.15) is 11.8 Å². The van der Waals surface area contributed by atoms with Crippen molar-refractivity contribution in [1.82, 2.24) is 9.80 Å². The molecule has 16 heteroatoms. The van der Waals surface area contributed by atoms with Crippen molar-refractivity contribution < 1.29 is 47.2 Å². The Kier molecular flexibility index (Phi) is 18.1. The van der Waals surface area contributed by atoms with Gasteiger partial charge in [-0.25, -0.2) is 4.79 Å². The monoisotopic (exact) mass is 955 g/mol. The zero-order valence-corrected chi connectivity index (χ0v) is 44.8. The van der Waals surface area contributed by atoms with E-state index >= 15 is 0 Å². The SMILES string of the molecule is C=C1C[C@@H](CO[Si](C)(C)C(C)(C)C)N(C(=O)c2cc(OC)c(OCCCCCOc3cc(N)c(C(O)N4CC(=C)C[C@H]4CO[Si](C)(C)C(C)(C)C)cc3OC)cc2NC(=O)OC(C)(C)C)C1. The second-order valence-electron chi connectivity index (χ2n) is 21.9. The van der Waals surface area contributed by atoms with Crippen molar-refractivity contribution in [2.24, 2.45) is 0 Å². The number of aliphatic hydroxyl groups excluding tert-OH is 1. The van der Waals surface area contributed by atoms with Gasteiger partial charge in [-0.1, -0.05) is 65.8 Å². The topological polar surface area (TPSA) is 164 Å². The molecule has 2 amide bonds. The first-order chi connectivity index (χ1) is 30.5. The Bertz CT molecular complexity index is 2040. The van der Waals surface area contributed by atoms with Crippen LogP contribution < -0.4 is 30.0 Å². The first-order valence-electron chi connectivity index (χ1n) is 23.3. The summed E-state index contributed by atoms with van der Waals surface area (Å²) < 4.78 is 42.5. The van der Waals surface area contributed by atoms with Gasteiger partial charge in [-0.3, -0.25) is 15.0 Å². The second kappa shape index (κ2) is 21.9. The molecule has 2 heterocycles. The number of amides is 2. The highest BCUT2D eigenvalue weighted by atomic mass is 28.4. The highest BCUT2D eigenvalue weighted by Crippen LogP contribution is 2.42. The fraction of sp³-hybridized carbons (Fsp3) is 0.640. The number of nitrogens with zero attached hydrogens (tertiary/aromatic N) is 2. The van der Waals surface area contributed by atoms with Gasteiger partial charge >= 0.3 is 6.09 Å². The van der Waals surface area contributed by atoms with Crippen molar-refractivity contribution >= 4 is 40.0 Å². The molecule has 2 saturated heterocycles. The molecule has 4 N–H and O–H groups in total. The van der Waals surface area contributed by atoms with Gasteiger partial charge in [0.25, 0.3) is 5.91 Å². The van der Waals surface area contributed by atoms with Crippen LogP contribution in [0.2, 0.25) is 36.3 Å². The van der Waals surface area contributed by atoms with Gasteiger partial charge in [0.15, 0.2) is 39.6 Å². The molecule has 2 aromatic rings. The number of nitrogen functional groups attached to an aromatic ring is 1. The molecule has 0 spiro atoms. The van der Waals surface area contributed by atoms with Crippen LogP contribution in [0.3, 0.4) is 0 Å². The van der Waals surface area contributed by atoms with Crippen LogP contribution in [-0.2, 0) is 13.6 Å². The Morgan fingerprint density at radius 3 is 1.79 bits per heavy atom. The predicted molar refractivity (Wildman–Crippen MR) is 269 cm³/mol.